The molecule has 2 aromatic heterocycles. The lowest BCUT2D eigenvalue weighted by molar-refractivity contribution is 0.0304. The second kappa shape index (κ2) is 6.76. The van der Waals surface area contributed by atoms with E-state index in [0.717, 1.165) is 18.0 Å². The first-order valence-corrected chi connectivity index (χ1v) is 9.70. The highest BCUT2D eigenvalue weighted by molar-refractivity contribution is 7.98. The number of carbonyl (C=O) groups excluding carboxylic acids is 1. The number of nitrogens with zero attached hydrogens (tertiary/aromatic N) is 5. The number of rotatable bonds is 3. The van der Waals surface area contributed by atoms with Crippen molar-refractivity contribution in [2.24, 2.45) is 11.8 Å². The predicted molar refractivity (Wildman–Crippen MR) is 93.2 cm³/mol. The number of hydrogen-bond donors (Lipinski definition) is 1. The van der Waals surface area contributed by atoms with Gasteiger partial charge in [0.25, 0.3) is 5.91 Å². The molecule has 2 aromatic rings. The molecule has 0 radical (unpaired) electrons. The molecule has 25 heavy (non-hydrogen) atoms. The maximum atomic E-state index is 12.9. The van der Waals surface area contributed by atoms with Crippen LogP contribution in [-0.4, -0.2) is 61.1 Å². The number of likely N-dealkylation sites (tertiary alicyclic amines) is 1. The number of aromatic nitrogens is 4. The van der Waals surface area contributed by atoms with Crippen LogP contribution in [0.25, 0.3) is 0 Å². The third-order valence-corrected chi connectivity index (χ3v) is 6.08. The molecule has 2 aliphatic rings. The lowest BCUT2D eigenvalue weighted by Crippen LogP contribution is -2.36. The summed E-state index contributed by atoms with van der Waals surface area (Å²) in [7, 11) is 0. The Hall–Kier alpha value is -1.93. The van der Waals surface area contributed by atoms with Crippen LogP contribution in [0.5, 0.6) is 0 Å². The van der Waals surface area contributed by atoms with Crippen molar-refractivity contribution in [1.82, 2.24) is 24.6 Å². The molecule has 1 aliphatic carbocycles. The Morgan fingerprint density at radius 2 is 2.12 bits per heavy atom. The second-order valence-corrected chi connectivity index (χ2v) is 7.57. The summed E-state index contributed by atoms with van der Waals surface area (Å²) in [6.07, 6.45) is 7.87. The van der Waals surface area contributed by atoms with Crippen molar-refractivity contribution >= 4 is 17.7 Å². The third kappa shape index (κ3) is 3.04. The topological polar surface area (TPSA) is 84.1 Å². The summed E-state index contributed by atoms with van der Waals surface area (Å²) < 4.78 is 1.75. The van der Waals surface area contributed by atoms with Gasteiger partial charge >= 0.3 is 0 Å². The molecule has 0 aromatic carbocycles. The molecule has 1 saturated heterocycles. The van der Waals surface area contributed by atoms with Crippen LogP contribution in [0.15, 0.2) is 36.0 Å². The van der Waals surface area contributed by atoms with Crippen LogP contribution >= 0.6 is 11.8 Å². The first-order valence-electron chi connectivity index (χ1n) is 8.48. The van der Waals surface area contributed by atoms with E-state index in [-0.39, 0.29) is 11.9 Å². The van der Waals surface area contributed by atoms with Crippen molar-refractivity contribution < 1.29 is 9.90 Å². The van der Waals surface area contributed by atoms with Crippen molar-refractivity contribution in [2.45, 2.75) is 30.0 Å². The second-order valence-electron chi connectivity index (χ2n) is 6.77. The van der Waals surface area contributed by atoms with Gasteiger partial charge in [0.2, 0.25) is 0 Å². The van der Waals surface area contributed by atoms with Gasteiger partial charge < -0.3 is 10.0 Å². The summed E-state index contributed by atoms with van der Waals surface area (Å²) >= 11 is 1.49. The van der Waals surface area contributed by atoms with Crippen LogP contribution in [0.3, 0.4) is 0 Å². The fourth-order valence-corrected chi connectivity index (χ4v) is 4.67. The number of aliphatic hydroxyl groups is 1. The van der Waals surface area contributed by atoms with Gasteiger partial charge in [0.05, 0.1) is 17.7 Å². The maximum absolute atomic E-state index is 12.9. The lowest BCUT2D eigenvalue weighted by Gasteiger charge is -2.34. The molecule has 0 spiro atoms. The Balaban J connectivity index is 1.50. The van der Waals surface area contributed by atoms with E-state index in [1.807, 2.05) is 17.2 Å². The summed E-state index contributed by atoms with van der Waals surface area (Å²) in [5.41, 5.74) is 0.669. The zero-order valence-electron chi connectivity index (χ0n) is 14.0. The molecule has 132 valence electrons. The number of fused-ring (bicyclic) bond motifs is 1. The summed E-state index contributed by atoms with van der Waals surface area (Å²) in [4.78, 5) is 23.1. The van der Waals surface area contributed by atoms with Crippen LogP contribution < -0.4 is 0 Å². The van der Waals surface area contributed by atoms with Crippen LogP contribution in [-0.2, 0) is 0 Å². The minimum absolute atomic E-state index is 0.0404. The van der Waals surface area contributed by atoms with E-state index in [2.05, 4.69) is 15.1 Å². The van der Waals surface area contributed by atoms with Gasteiger partial charge in [-0.15, -0.1) is 11.8 Å². The minimum atomic E-state index is -0.446. The number of aliphatic hydroxyl groups excluding tert-OH is 1. The number of thioether (sulfide) groups is 1. The molecule has 0 bridgehead atoms. The van der Waals surface area contributed by atoms with Gasteiger partial charge in [-0.05, 0) is 43.1 Å². The molecule has 7 nitrogen and oxygen atoms in total. The van der Waals surface area contributed by atoms with E-state index < -0.39 is 6.10 Å². The van der Waals surface area contributed by atoms with Crippen molar-refractivity contribution in [3.63, 3.8) is 0 Å². The van der Waals surface area contributed by atoms with E-state index >= 15 is 0 Å². The number of pyridine rings is 1. The van der Waals surface area contributed by atoms with Crippen LogP contribution in [0.4, 0.5) is 0 Å². The summed E-state index contributed by atoms with van der Waals surface area (Å²) in [5, 5.41) is 15.5. The molecule has 4 rings (SSSR count). The molecule has 1 saturated carbocycles. The van der Waals surface area contributed by atoms with Gasteiger partial charge in [-0.1, -0.05) is 0 Å². The Morgan fingerprint density at radius 3 is 2.84 bits per heavy atom. The fourth-order valence-electron chi connectivity index (χ4n) is 4.13. The predicted octanol–water partition coefficient (Wildman–Crippen LogP) is 1.48. The molecule has 1 aliphatic heterocycles. The van der Waals surface area contributed by atoms with E-state index in [4.69, 9.17) is 0 Å². The SMILES string of the molecule is CSc1ncccc1C(=O)N1C[C@H]2C[C@@H](n3cncn3)[C@H](O)C[C@H]2C1. The molecule has 0 unspecified atom stereocenters. The lowest BCUT2D eigenvalue weighted by atomic mass is 9.77. The van der Waals surface area contributed by atoms with Gasteiger partial charge in [0.15, 0.2) is 0 Å². The number of amides is 1. The smallest absolute Gasteiger partial charge is 0.256 e. The van der Waals surface area contributed by atoms with E-state index in [0.29, 0.717) is 30.4 Å². The first-order chi connectivity index (χ1) is 12.2. The highest BCUT2D eigenvalue weighted by atomic mass is 32.2. The Morgan fingerprint density at radius 1 is 1.32 bits per heavy atom. The molecular formula is C17H21N5O2S. The molecule has 4 atom stereocenters. The number of hydrogen-bond acceptors (Lipinski definition) is 6. The normalized spacial score (nSPS) is 28.8. The van der Waals surface area contributed by atoms with Gasteiger partial charge in [-0.2, -0.15) is 5.10 Å². The Labute approximate surface area is 150 Å². The average Bonchev–Trinajstić information content (AvgIpc) is 3.29. The quantitative estimate of drug-likeness (QED) is 0.836. The zero-order chi connectivity index (χ0) is 17.4. The zero-order valence-corrected chi connectivity index (χ0v) is 14.8. The maximum Gasteiger partial charge on any atom is 0.256 e. The van der Waals surface area contributed by atoms with Gasteiger partial charge in [-0.25, -0.2) is 14.6 Å². The van der Waals surface area contributed by atoms with Crippen LogP contribution in [0.1, 0.15) is 29.2 Å². The third-order valence-electron chi connectivity index (χ3n) is 5.37. The van der Waals surface area contributed by atoms with Crippen molar-refractivity contribution in [3.05, 3.63) is 36.5 Å². The molecule has 8 heteroatoms. The fraction of sp³-hybridized carbons (Fsp3) is 0.529. The molecule has 1 N–H and O–H groups in total. The summed E-state index contributed by atoms with van der Waals surface area (Å²) in [6.45, 7) is 1.43. The summed E-state index contributed by atoms with van der Waals surface area (Å²) in [5.74, 6) is 0.766. The highest BCUT2D eigenvalue weighted by Crippen LogP contribution is 2.41. The van der Waals surface area contributed by atoms with Gasteiger partial charge in [0, 0.05) is 19.3 Å². The van der Waals surface area contributed by atoms with Crippen molar-refractivity contribution in [1.29, 1.82) is 0 Å². The monoisotopic (exact) mass is 359 g/mol. The van der Waals surface area contributed by atoms with Crippen LogP contribution in [0.2, 0.25) is 0 Å². The first kappa shape index (κ1) is 16.5. The van der Waals surface area contributed by atoms with E-state index in [9.17, 15) is 9.90 Å². The van der Waals surface area contributed by atoms with Crippen molar-refractivity contribution in [2.75, 3.05) is 19.3 Å². The average molecular weight is 359 g/mol. The van der Waals surface area contributed by atoms with E-state index in [1.54, 1.807) is 23.3 Å². The number of carbonyl (C=O) groups is 1. The molecule has 1 amide bonds. The Kier molecular flexibility index (Phi) is 4.47. The largest absolute Gasteiger partial charge is 0.391 e. The van der Waals surface area contributed by atoms with Crippen molar-refractivity contribution in [3.8, 4) is 0 Å². The molecule has 2 fully saturated rings. The van der Waals surface area contributed by atoms with Crippen LogP contribution in [0, 0.1) is 11.8 Å². The minimum Gasteiger partial charge on any atom is -0.391 e. The van der Waals surface area contributed by atoms with E-state index in [1.165, 1.54) is 18.1 Å². The molecule has 3 heterocycles. The highest BCUT2D eigenvalue weighted by Gasteiger charge is 2.44. The van der Waals surface area contributed by atoms with Gasteiger partial charge in [-0.3, -0.25) is 4.79 Å². The summed E-state index contributed by atoms with van der Waals surface area (Å²) in [6, 6.07) is 3.59. The van der Waals surface area contributed by atoms with Gasteiger partial charge in [0.1, 0.15) is 17.7 Å². The standard InChI is InChI=1S/C17H21N5O2S/c1-25-16-13(3-2-4-19-16)17(24)21-7-11-5-14(22-10-18-9-20-22)15(23)6-12(11)8-21/h2-4,9-12,14-15,23H,5-8H2,1H3/t11-,12+,14-,15-/m1/s1. The molecular weight excluding hydrogens is 338 g/mol. The Bertz CT molecular complexity index is 753.